The van der Waals surface area contributed by atoms with Gasteiger partial charge in [-0.05, 0) is 42.3 Å². The van der Waals surface area contributed by atoms with Crippen molar-refractivity contribution in [3.05, 3.63) is 95.0 Å². The Morgan fingerprint density at radius 2 is 1.75 bits per heavy atom. The van der Waals surface area contributed by atoms with E-state index in [0.29, 0.717) is 16.0 Å². The Balaban J connectivity index is 1.51. The van der Waals surface area contributed by atoms with Crippen LogP contribution >= 0.6 is 23.4 Å². The van der Waals surface area contributed by atoms with Gasteiger partial charge in [-0.2, -0.15) is 5.10 Å². The molecule has 0 aliphatic rings. The number of nitrogens with zero attached hydrogens (tertiary/aromatic N) is 4. The summed E-state index contributed by atoms with van der Waals surface area (Å²) in [4.78, 5) is 12.3. The van der Waals surface area contributed by atoms with Crippen molar-refractivity contribution in [2.75, 3.05) is 5.75 Å². The summed E-state index contributed by atoms with van der Waals surface area (Å²) in [5.41, 5.74) is 6.40. The minimum atomic E-state index is -0.230. The van der Waals surface area contributed by atoms with Gasteiger partial charge in [0, 0.05) is 16.3 Å². The summed E-state index contributed by atoms with van der Waals surface area (Å²) in [7, 11) is 0. The minimum Gasteiger partial charge on any atom is -0.272 e. The number of aryl methyl sites for hydroxylation is 1. The summed E-state index contributed by atoms with van der Waals surface area (Å²) >= 11 is 7.35. The van der Waals surface area contributed by atoms with Gasteiger partial charge in [-0.1, -0.05) is 78.0 Å². The predicted octanol–water partition coefficient (Wildman–Crippen LogP) is 5.14. The summed E-state index contributed by atoms with van der Waals surface area (Å²) in [5, 5.41) is 14.0. The molecular formula is C24H20ClN5OS. The Labute approximate surface area is 195 Å². The molecule has 160 valence electrons. The van der Waals surface area contributed by atoms with Gasteiger partial charge in [-0.15, -0.1) is 10.2 Å². The van der Waals surface area contributed by atoms with Crippen LogP contribution in [0.5, 0.6) is 0 Å². The van der Waals surface area contributed by atoms with Gasteiger partial charge in [0.15, 0.2) is 11.0 Å². The van der Waals surface area contributed by atoms with E-state index in [2.05, 4.69) is 20.7 Å². The van der Waals surface area contributed by atoms with Crippen LogP contribution in [0.2, 0.25) is 5.02 Å². The number of aromatic nitrogens is 3. The van der Waals surface area contributed by atoms with Crippen LogP contribution in [-0.2, 0) is 4.79 Å². The van der Waals surface area contributed by atoms with E-state index < -0.39 is 0 Å². The first-order chi connectivity index (χ1) is 15.6. The molecule has 32 heavy (non-hydrogen) atoms. The van der Waals surface area contributed by atoms with Gasteiger partial charge in [-0.3, -0.25) is 9.36 Å². The monoisotopic (exact) mass is 461 g/mol. The van der Waals surface area contributed by atoms with Crippen LogP contribution in [0.1, 0.15) is 11.1 Å². The number of halogens is 1. The number of carbonyl (C=O) groups excluding carboxylic acids is 1. The number of benzene rings is 3. The molecule has 0 spiro atoms. The van der Waals surface area contributed by atoms with Crippen LogP contribution in [0.3, 0.4) is 0 Å². The van der Waals surface area contributed by atoms with Gasteiger partial charge >= 0.3 is 0 Å². The number of rotatable bonds is 7. The van der Waals surface area contributed by atoms with E-state index in [1.807, 2.05) is 90.4 Å². The lowest BCUT2D eigenvalue weighted by atomic mass is 10.1. The van der Waals surface area contributed by atoms with Crippen LogP contribution < -0.4 is 5.43 Å². The summed E-state index contributed by atoms with van der Waals surface area (Å²) in [5.74, 6) is 0.603. The highest BCUT2D eigenvalue weighted by molar-refractivity contribution is 7.99. The van der Waals surface area contributed by atoms with E-state index in [-0.39, 0.29) is 11.7 Å². The average Bonchev–Trinajstić information content (AvgIpc) is 3.24. The summed E-state index contributed by atoms with van der Waals surface area (Å²) in [6.45, 7) is 1.99. The highest BCUT2D eigenvalue weighted by atomic mass is 35.5. The molecular weight excluding hydrogens is 442 g/mol. The van der Waals surface area contributed by atoms with Gasteiger partial charge in [0.25, 0.3) is 5.91 Å². The topological polar surface area (TPSA) is 72.2 Å². The summed E-state index contributed by atoms with van der Waals surface area (Å²) < 4.78 is 1.92. The van der Waals surface area contributed by atoms with Gasteiger partial charge in [0.2, 0.25) is 0 Å². The van der Waals surface area contributed by atoms with Gasteiger partial charge in [-0.25, -0.2) is 5.43 Å². The van der Waals surface area contributed by atoms with Crippen molar-refractivity contribution in [3.63, 3.8) is 0 Å². The SMILES string of the molecule is Cc1ccccc1/C=N\NC(=O)CSc1nnc(-c2ccccc2)n1-c1ccc(Cl)cc1. The lowest BCUT2D eigenvalue weighted by Crippen LogP contribution is -2.20. The van der Waals surface area contributed by atoms with E-state index >= 15 is 0 Å². The molecule has 1 aromatic heterocycles. The van der Waals surface area contributed by atoms with Crippen molar-refractivity contribution in [1.29, 1.82) is 0 Å². The minimum absolute atomic E-state index is 0.144. The Morgan fingerprint density at radius 3 is 2.50 bits per heavy atom. The quantitative estimate of drug-likeness (QED) is 0.235. The van der Waals surface area contributed by atoms with Crippen molar-refractivity contribution >= 4 is 35.5 Å². The van der Waals surface area contributed by atoms with Crippen molar-refractivity contribution in [1.82, 2.24) is 20.2 Å². The predicted molar refractivity (Wildman–Crippen MR) is 129 cm³/mol. The Bertz CT molecular complexity index is 1240. The van der Waals surface area contributed by atoms with Crippen molar-refractivity contribution < 1.29 is 4.79 Å². The van der Waals surface area contributed by atoms with Crippen LogP contribution in [0.4, 0.5) is 0 Å². The van der Waals surface area contributed by atoms with E-state index in [1.54, 1.807) is 6.21 Å². The van der Waals surface area contributed by atoms with Gasteiger partial charge < -0.3 is 0 Å². The fourth-order valence-electron chi connectivity index (χ4n) is 3.03. The molecule has 0 aliphatic heterocycles. The molecule has 0 atom stereocenters. The lowest BCUT2D eigenvalue weighted by molar-refractivity contribution is -0.118. The number of carbonyl (C=O) groups is 1. The van der Waals surface area contributed by atoms with E-state index in [0.717, 1.165) is 22.4 Å². The van der Waals surface area contributed by atoms with Crippen LogP contribution in [-0.4, -0.2) is 32.6 Å². The zero-order valence-electron chi connectivity index (χ0n) is 17.3. The van der Waals surface area contributed by atoms with Crippen molar-refractivity contribution in [2.24, 2.45) is 5.10 Å². The van der Waals surface area contributed by atoms with Crippen molar-refractivity contribution in [3.8, 4) is 17.1 Å². The van der Waals surface area contributed by atoms with Gasteiger partial charge in [0.05, 0.1) is 12.0 Å². The maximum Gasteiger partial charge on any atom is 0.250 e. The molecule has 0 unspecified atom stereocenters. The molecule has 0 saturated heterocycles. The standard InChI is InChI=1S/C24H20ClN5OS/c1-17-7-5-6-10-19(17)15-26-27-22(31)16-32-24-29-28-23(18-8-3-2-4-9-18)30(24)21-13-11-20(25)12-14-21/h2-15H,16H2,1H3,(H,27,31)/b26-15-. The Hall–Kier alpha value is -3.42. The maximum atomic E-state index is 12.3. The first-order valence-corrected chi connectivity index (χ1v) is 11.3. The molecule has 1 heterocycles. The third kappa shape index (κ3) is 5.25. The highest BCUT2D eigenvalue weighted by Crippen LogP contribution is 2.28. The normalized spacial score (nSPS) is 11.1. The zero-order valence-corrected chi connectivity index (χ0v) is 18.8. The number of thioether (sulfide) groups is 1. The molecule has 1 amide bonds. The molecule has 0 bridgehead atoms. The first kappa shape index (κ1) is 21.8. The summed E-state index contributed by atoms with van der Waals surface area (Å²) in [6.07, 6.45) is 1.64. The summed E-state index contributed by atoms with van der Waals surface area (Å²) in [6, 6.07) is 25.0. The van der Waals surface area contributed by atoms with E-state index in [4.69, 9.17) is 11.6 Å². The highest BCUT2D eigenvalue weighted by Gasteiger charge is 2.17. The third-order valence-electron chi connectivity index (χ3n) is 4.66. The number of hydrazone groups is 1. The van der Waals surface area contributed by atoms with Gasteiger partial charge in [0.1, 0.15) is 0 Å². The molecule has 0 saturated carbocycles. The second kappa shape index (κ2) is 10.3. The molecule has 0 fully saturated rings. The fourth-order valence-corrected chi connectivity index (χ4v) is 3.90. The van der Waals surface area contributed by atoms with Crippen LogP contribution in [0.25, 0.3) is 17.1 Å². The second-order valence-electron chi connectivity index (χ2n) is 6.92. The number of nitrogens with one attached hydrogen (secondary N) is 1. The van der Waals surface area contributed by atoms with Crippen LogP contribution in [0.15, 0.2) is 89.1 Å². The number of hydrogen-bond donors (Lipinski definition) is 1. The number of hydrogen-bond acceptors (Lipinski definition) is 5. The molecule has 4 aromatic rings. The fraction of sp³-hybridized carbons (Fsp3) is 0.0833. The average molecular weight is 462 g/mol. The first-order valence-electron chi connectivity index (χ1n) is 9.89. The van der Waals surface area contributed by atoms with Crippen LogP contribution in [0, 0.1) is 6.92 Å². The van der Waals surface area contributed by atoms with E-state index in [9.17, 15) is 4.79 Å². The molecule has 1 N–H and O–H groups in total. The molecule has 4 rings (SSSR count). The van der Waals surface area contributed by atoms with Crippen molar-refractivity contribution in [2.45, 2.75) is 12.1 Å². The zero-order chi connectivity index (χ0) is 22.3. The molecule has 0 radical (unpaired) electrons. The largest absolute Gasteiger partial charge is 0.272 e. The molecule has 6 nitrogen and oxygen atoms in total. The smallest absolute Gasteiger partial charge is 0.250 e. The number of amides is 1. The van der Waals surface area contributed by atoms with E-state index in [1.165, 1.54) is 11.8 Å². The lowest BCUT2D eigenvalue weighted by Gasteiger charge is -2.10. The maximum absolute atomic E-state index is 12.3. The Kier molecular flexibility index (Phi) is 6.99. The molecule has 0 aliphatic carbocycles. The second-order valence-corrected chi connectivity index (χ2v) is 8.30. The molecule has 3 aromatic carbocycles. The molecule has 8 heteroatoms. The Morgan fingerprint density at radius 1 is 1.03 bits per heavy atom. The third-order valence-corrected chi connectivity index (χ3v) is 5.84.